The lowest BCUT2D eigenvalue weighted by atomic mass is 9.97. The monoisotopic (exact) mass is 256 g/mol. The minimum atomic E-state index is -0.0877. The zero-order valence-electron chi connectivity index (χ0n) is 11.0. The summed E-state index contributed by atoms with van der Waals surface area (Å²) in [4.78, 5) is 4.64. The van der Waals surface area contributed by atoms with Crippen LogP contribution in [0.4, 0.5) is 0 Å². The van der Waals surface area contributed by atoms with Gasteiger partial charge in [-0.05, 0) is 43.0 Å². The second-order valence-corrected chi connectivity index (χ2v) is 5.13. The fourth-order valence-electron chi connectivity index (χ4n) is 2.30. The molecule has 0 aliphatic carbocycles. The van der Waals surface area contributed by atoms with Crippen LogP contribution in [0.1, 0.15) is 36.5 Å². The highest BCUT2D eigenvalue weighted by atomic mass is 31.0. The molecule has 2 rings (SSSR count). The molecule has 0 fully saturated rings. The molecule has 2 nitrogen and oxygen atoms in total. The summed E-state index contributed by atoms with van der Waals surface area (Å²) in [6.45, 7) is 6.20. The van der Waals surface area contributed by atoms with Gasteiger partial charge in [-0.25, -0.2) is 4.98 Å². The number of nitrogens with zero attached hydrogens (tertiary/aromatic N) is 2. The summed E-state index contributed by atoms with van der Waals surface area (Å²) in [5.74, 6) is -0.0877. The van der Waals surface area contributed by atoms with Crippen molar-refractivity contribution in [3.05, 3.63) is 34.9 Å². The number of aromatic nitrogens is 1. The molecule has 3 heteroatoms. The molecule has 92 valence electrons. The van der Waals surface area contributed by atoms with Gasteiger partial charge in [0.2, 0.25) is 0 Å². The van der Waals surface area contributed by atoms with E-state index in [0.717, 1.165) is 22.9 Å². The highest BCUT2D eigenvalue weighted by molar-refractivity contribution is 7.27. The molecule has 0 bridgehead atoms. The van der Waals surface area contributed by atoms with Gasteiger partial charge in [0.05, 0.1) is 22.9 Å². The molecule has 0 aliphatic rings. The Morgan fingerprint density at radius 1 is 1.44 bits per heavy atom. The van der Waals surface area contributed by atoms with Crippen LogP contribution >= 0.6 is 9.24 Å². The van der Waals surface area contributed by atoms with Crippen molar-refractivity contribution in [3.63, 3.8) is 0 Å². The van der Waals surface area contributed by atoms with E-state index in [4.69, 9.17) is 5.26 Å². The number of benzene rings is 1. The number of hydrogen-bond acceptors (Lipinski definition) is 2. The van der Waals surface area contributed by atoms with Crippen molar-refractivity contribution in [2.45, 2.75) is 33.1 Å². The van der Waals surface area contributed by atoms with Gasteiger partial charge in [0.25, 0.3) is 0 Å². The molecular formula is C15H17N2P. The number of hydrogen-bond donors (Lipinski definition) is 0. The lowest BCUT2D eigenvalue weighted by molar-refractivity contribution is 0.983. The molecule has 18 heavy (non-hydrogen) atoms. The summed E-state index contributed by atoms with van der Waals surface area (Å²) in [7, 11) is 2.71. The van der Waals surface area contributed by atoms with Gasteiger partial charge in [-0.2, -0.15) is 5.26 Å². The Morgan fingerprint density at radius 2 is 2.17 bits per heavy atom. The first-order chi connectivity index (χ1) is 8.58. The number of rotatable bonds is 2. The predicted molar refractivity (Wildman–Crippen MR) is 79.2 cm³/mol. The van der Waals surface area contributed by atoms with E-state index in [2.05, 4.69) is 40.2 Å². The van der Waals surface area contributed by atoms with E-state index in [1.165, 1.54) is 16.5 Å². The predicted octanol–water partition coefficient (Wildman–Crippen LogP) is 3.23. The Balaban J connectivity index is 2.70. The fraction of sp³-hybridized carbons (Fsp3) is 0.333. The number of aryl methyl sites for hydroxylation is 1. The Bertz CT molecular complexity index is 641. The SMILES string of the molecule is CCc1c(P)nc2cc(C(C)C#N)ccc2c1C. The van der Waals surface area contributed by atoms with E-state index in [-0.39, 0.29) is 5.92 Å². The van der Waals surface area contributed by atoms with E-state index >= 15 is 0 Å². The van der Waals surface area contributed by atoms with Gasteiger partial charge in [-0.1, -0.05) is 28.3 Å². The van der Waals surface area contributed by atoms with Crippen molar-refractivity contribution in [2.24, 2.45) is 0 Å². The molecule has 0 saturated carbocycles. The van der Waals surface area contributed by atoms with Crippen LogP contribution in [0.3, 0.4) is 0 Å². The zero-order chi connectivity index (χ0) is 13.3. The minimum Gasteiger partial charge on any atom is -0.248 e. The Kier molecular flexibility index (Phi) is 3.64. The molecule has 0 aliphatic heterocycles. The Labute approximate surface area is 110 Å². The lowest BCUT2D eigenvalue weighted by Crippen LogP contribution is -2.09. The summed E-state index contributed by atoms with van der Waals surface area (Å²) in [5.41, 5.74) is 5.63. The molecule has 2 aromatic rings. The normalized spacial score (nSPS) is 12.4. The summed E-state index contributed by atoms with van der Waals surface area (Å²) in [5, 5.41) is 10.2. The third-order valence-electron chi connectivity index (χ3n) is 3.48. The van der Waals surface area contributed by atoms with Crippen LogP contribution in [-0.4, -0.2) is 4.98 Å². The number of pyridine rings is 1. The van der Waals surface area contributed by atoms with Crippen LogP contribution in [0.5, 0.6) is 0 Å². The van der Waals surface area contributed by atoms with Gasteiger partial charge in [0, 0.05) is 5.39 Å². The third kappa shape index (κ3) is 2.11. The molecule has 0 N–H and O–H groups in total. The van der Waals surface area contributed by atoms with E-state index in [9.17, 15) is 0 Å². The van der Waals surface area contributed by atoms with Crippen LogP contribution in [0, 0.1) is 18.3 Å². The molecule has 0 amide bonds. The maximum Gasteiger partial charge on any atom is 0.0715 e. The van der Waals surface area contributed by atoms with Gasteiger partial charge in [-0.3, -0.25) is 0 Å². The summed E-state index contributed by atoms with van der Waals surface area (Å²) in [6.07, 6.45) is 0.990. The highest BCUT2D eigenvalue weighted by Crippen LogP contribution is 2.24. The number of nitriles is 1. The second kappa shape index (κ2) is 5.04. The first-order valence-corrected chi connectivity index (χ1v) is 6.74. The van der Waals surface area contributed by atoms with Crippen molar-refractivity contribution in [1.82, 2.24) is 4.98 Å². The van der Waals surface area contributed by atoms with Gasteiger partial charge < -0.3 is 0 Å². The average molecular weight is 256 g/mol. The molecular weight excluding hydrogens is 239 g/mol. The van der Waals surface area contributed by atoms with Crippen molar-refractivity contribution >= 4 is 25.6 Å². The van der Waals surface area contributed by atoms with Crippen molar-refractivity contribution in [1.29, 1.82) is 5.26 Å². The van der Waals surface area contributed by atoms with Crippen LogP contribution < -0.4 is 5.44 Å². The van der Waals surface area contributed by atoms with Gasteiger partial charge in [0.1, 0.15) is 0 Å². The standard InChI is InChI=1S/C15H17N2P/c1-4-12-10(3)13-6-5-11(9(2)8-16)7-14(13)17-15(12)18/h5-7,9H,4,18H2,1-3H3. The second-order valence-electron chi connectivity index (χ2n) is 4.58. The molecule has 0 saturated heterocycles. The van der Waals surface area contributed by atoms with Crippen molar-refractivity contribution in [3.8, 4) is 6.07 Å². The Morgan fingerprint density at radius 3 is 2.78 bits per heavy atom. The highest BCUT2D eigenvalue weighted by Gasteiger charge is 2.10. The first kappa shape index (κ1) is 13.0. The van der Waals surface area contributed by atoms with Gasteiger partial charge in [-0.15, -0.1) is 0 Å². The van der Waals surface area contributed by atoms with Gasteiger partial charge in [0.15, 0.2) is 0 Å². The molecule has 1 aromatic carbocycles. The summed E-state index contributed by atoms with van der Waals surface area (Å²) < 4.78 is 0. The van der Waals surface area contributed by atoms with Crippen molar-refractivity contribution < 1.29 is 0 Å². The van der Waals surface area contributed by atoms with E-state index in [1.54, 1.807) is 0 Å². The van der Waals surface area contributed by atoms with Crippen molar-refractivity contribution in [2.75, 3.05) is 0 Å². The van der Waals surface area contributed by atoms with Crippen LogP contribution in [0.15, 0.2) is 18.2 Å². The number of fused-ring (bicyclic) bond motifs is 1. The maximum absolute atomic E-state index is 8.98. The Hall–Kier alpha value is -1.45. The lowest BCUT2D eigenvalue weighted by Gasteiger charge is -2.12. The molecule has 0 spiro atoms. The molecule has 1 aromatic heterocycles. The zero-order valence-corrected chi connectivity index (χ0v) is 12.1. The fourth-order valence-corrected chi connectivity index (χ4v) is 2.86. The maximum atomic E-state index is 8.98. The molecule has 1 heterocycles. The summed E-state index contributed by atoms with van der Waals surface area (Å²) in [6, 6.07) is 8.42. The van der Waals surface area contributed by atoms with Crippen LogP contribution in [0.2, 0.25) is 0 Å². The molecule has 2 unspecified atom stereocenters. The molecule has 0 radical (unpaired) electrons. The van der Waals surface area contributed by atoms with Crippen LogP contribution in [0.25, 0.3) is 10.9 Å². The van der Waals surface area contributed by atoms with Crippen LogP contribution in [-0.2, 0) is 6.42 Å². The minimum absolute atomic E-state index is 0.0877. The van der Waals surface area contributed by atoms with E-state index in [1.807, 2.05) is 19.1 Å². The largest absolute Gasteiger partial charge is 0.248 e. The smallest absolute Gasteiger partial charge is 0.0715 e. The van der Waals surface area contributed by atoms with E-state index < -0.39 is 0 Å². The first-order valence-electron chi connectivity index (χ1n) is 6.16. The van der Waals surface area contributed by atoms with E-state index in [0.29, 0.717) is 0 Å². The van der Waals surface area contributed by atoms with Gasteiger partial charge >= 0.3 is 0 Å². The average Bonchev–Trinajstić information content (AvgIpc) is 2.37. The third-order valence-corrected chi connectivity index (χ3v) is 3.95. The topological polar surface area (TPSA) is 36.7 Å². The summed E-state index contributed by atoms with van der Waals surface area (Å²) >= 11 is 0. The molecule has 2 atom stereocenters. The quantitative estimate of drug-likeness (QED) is 0.773.